The Morgan fingerprint density at radius 2 is 2.09 bits per heavy atom. The van der Waals surface area contributed by atoms with E-state index in [2.05, 4.69) is 11.0 Å². The first-order valence-electron chi connectivity index (χ1n) is 7.87. The molecule has 1 aliphatic rings. The molecule has 0 aromatic heterocycles. The van der Waals surface area contributed by atoms with Crippen LogP contribution in [0.5, 0.6) is 0 Å². The van der Waals surface area contributed by atoms with E-state index in [1.165, 1.54) is 0 Å². The monoisotopic (exact) mass is 314 g/mol. The lowest BCUT2D eigenvalue weighted by Crippen LogP contribution is -2.48. The van der Waals surface area contributed by atoms with Gasteiger partial charge in [-0.15, -0.1) is 0 Å². The van der Waals surface area contributed by atoms with Crippen molar-refractivity contribution in [2.75, 3.05) is 32.9 Å². The Morgan fingerprint density at radius 1 is 1.39 bits per heavy atom. The Hall–Kier alpha value is -2.16. The fraction of sp³-hybridized carbons (Fsp3) is 0.444. The fourth-order valence-corrected chi connectivity index (χ4v) is 2.59. The van der Waals surface area contributed by atoms with Gasteiger partial charge in [0.05, 0.1) is 31.9 Å². The summed E-state index contributed by atoms with van der Waals surface area (Å²) < 4.78 is 10.4. The number of carbonyl (C=O) groups excluding carboxylic acids is 1. The van der Waals surface area contributed by atoms with Gasteiger partial charge in [-0.3, -0.25) is 9.69 Å². The molecule has 1 heterocycles. The van der Waals surface area contributed by atoms with Crippen LogP contribution in [-0.2, 0) is 14.3 Å². The minimum absolute atomic E-state index is 0.273. The Labute approximate surface area is 137 Å². The minimum Gasteiger partial charge on any atom is -0.465 e. The zero-order chi connectivity index (χ0) is 16.5. The van der Waals surface area contributed by atoms with Crippen molar-refractivity contribution in [3.8, 4) is 6.07 Å². The second-order valence-corrected chi connectivity index (χ2v) is 5.27. The van der Waals surface area contributed by atoms with E-state index in [9.17, 15) is 10.1 Å². The minimum atomic E-state index is -0.840. The topological polar surface area (TPSA) is 62.6 Å². The molecule has 0 saturated carbocycles. The van der Waals surface area contributed by atoms with Gasteiger partial charge in [-0.25, -0.2) is 0 Å². The predicted octanol–water partition coefficient (Wildman–Crippen LogP) is 2.10. The molecule has 5 nitrogen and oxygen atoms in total. The van der Waals surface area contributed by atoms with Gasteiger partial charge in [0.25, 0.3) is 0 Å². The highest BCUT2D eigenvalue weighted by Crippen LogP contribution is 2.18. The van der Waals surface area contributed by atoms with Crippen molar-refractivity contribution in [1.29, 1.82) is 5.26 Å². The van der Waals surface area contributed by atoms with Crippen molar-refractivity contribution in [3.05, 3.63) is 42.0 Å². The number of esters is 1. The first-order chi connectivity index (χ1) is 11.3. The lowest BCUT2D eigenvalue weighted by molar-refractivity contribution is -0.148. The van der Waals surface area contributed by atoms with E-state index in [1.54, 1.807) is 6.92 Å². The molecule has 1 aliphatic heterocycles. The number of rotatable bonds is 6. The molecule has 0 amide bonds. The maximum atomic E-state index is 12.1. The van der Waals surface area contributed by atoms with E-state index in [0.29, 0.717) is 26.3 Å². The molecule has 2 atom stereocenters. The largest absolute Gasteiger partial charge is 0.465 e. The van der Waals surface area contributed by atoms with E-state index in [-0.39, 0.29) is 12.6 Å². The van der Waals surface area contributed by atoms with Crippen LogP contribution in [0.1, 0.15) is 12.5 Å². The average molecular weight is 314 g/mol. The van der Waals surface area contributed by atoms with E-state index >= 15 is 0 Å². The summed E-state index contributed by atoms with van der Waals surface area (Å²) in [6, 6.07) is 11.6. The van der Waals surface area contributed by atoms with Crippen molar-refractivity contribution >= 4 is 12.0 Å². The highest BCUT2D eigenvalue weighted by atomic mass is 16.5. The van der Waals surface area contributed by atoms with Gasteiger partial charge in [0, 0.05) is 13.1 Å². The summed E-state index contributed by atoms with van der Waals surface area (Å²) in [6.45, 7) is 4.63. The molecule has 1 fully saturated rings. The molecule has 1 saturated heterocycles. The molecule has 0 N–H and O–H groups in total. The molecule has 5 heteroatoms. The molecule has 0 aliphatic carbocycles. The molecule has 2 rings (SSSR count). The van der Waals surface area contributed by atoms with E-state index in [1.807, 2.05) is 42.5 Å². The van der Waals surface area contributed by atoms with Crippen LogP contribution < -0.4 is 0 Å². The quantitative estimate of drug-likeness (QED) is 0.753. The third-order valence-electron chi connectivity index (χ3n) is 3.77. The van der Waals surface area contributed by atoms with Gasteiger partial charge in [-0.05, 0) is 12.5 Å². The molecule has 0 spiro atoms. The van der Waals surface area contributed by atoms with Crippen LogP contribution in [0.15, 0.2) is 36.4 Å². The van der Waals surface area contributed by atoms with Crippen LogP contribution in [-0.4, -0.2) is 49.8 Å². The van der Waals surface area contributed by atoms with Crippen molar-refractivity contribution in [2.24, 2.45) is 5.92 Å². The molecule has 0 bridgehead atoms. The lowest BCUT2D eigenvalue weighted by atomic mass is 9.98. The Morgan fingerprint density at radius 3 is 2.70 bits per heavy atom. The van der Waals surface area contributed by atoms with E-state index in [4.69, 9.17) is 9.47 Å². The van der Waals surface area contributed by atoms with Gasteiger partial charge in [0.15, 0.2) is 5.92 Å². The summed E-state index contributed by atoms with van der Waals surface area (Å²) in [5.74, 6) is -1.31. The summed E-state index contributed by atoms with van der Waals surface area (Å²) in [6.07, 6.45) is 3.87. The van der Waals surface area contributed by atoms with Crippen LogP contribution in [0.3, 0.4) is 0 Å². The van der Waals surface area contributed by atoms with Crippen LogP contribution in [0, 0.1) is 17.2 Å². The number of hydrogen-bond acceptors (Lipinski definition) is 5. The van der Waals surface area contributed by atoms with Crippen molar-refractivity contribution in [3.63, 3.8) is 0 Å². The number of nitrogens with zero attached hydrogens (tertiary/aromatic N) is 2. The van der Waals surface area contributed by atoms with Crippen molar-refractivity contribution < 1.29 is 14.3 Å². The van der Waals surface area contributed by atoms with Gasteiger partial charge in [-0.1, -0.05) is 42.5 Å². The smallest absolute Gasteiger partial charge is 0.325 e. The third-order valence-corrected chi connectivity index (χ3v) is 3.77. The third kappa shape index (κ3) is 4.92. The number of nitriles is 1. The van der Waals surface area contributed by atoms with Crippen molar-refractivity contribution in [1.82, 2.24) is 4.90 Å². The zero-order valence-electron chi connectivity index (χ0n) is 13.4. The van der Waals surface area contributed by atoms with Crippen LogP contribution in [0.2, 0.25) is 0 Å². The van der Waals surface area contributed by atoms with Crippen LogP contribution in [0.4, 0.5) is 0 Å². The first-order valence-corrected chi connectivity index (χ1v) is 7.87. The molecule has 122 valence electrons. The van der Waals surface area contributed by atoms with Crippen molar-refractivity contribution in [2.45, 2.75) is 13.0 Å². The highest BCUT2D eigenvalue weighted by molar-refractivity contribution is 5.77. The lowest BCUT2D eigenvalue weighted by Gasteiger charge is -2.34. The summed E-state index contributed by atoms with van der Waals surface area (Å²) >= 11 is 0. The Kier molecular flexibility index (Phi) is 6.79. The molecule has 23 heavy (non-hydrogen) atoms. The number of carbonyl (C=O) groups is 1. The predicted molar refractivity (Wildman–Crippen MR) is 87.4 cm³/mol. The number of ether oxygens (including phenoxy) is 2. The van der Waals surface area contributed by atoms with E-state index < -0.39 is 11.9 Å². The molecule has 2 unspecified atom stereocenters. The maximum Gasteiger partial charge on any atom is 0.325 e. The second kappa shape index (κ2) is 9.09. The second-order valence-electron chi connectivity index (χ2n) is 5.27. The molecular weight excluding hydrogens is 292 g/mol. The molecular formula is C18H22N2O3. The number of benzene rings is 1. The normalized spacial score (nSPS) is 18.3. The molecule has 0 radical (unpaired) electrons. The van der Waals surface area contributed by atoms with Gasteiger partial charge in [0.2, 0.25) is 0 Å². The number of morpholine rings is 1. The van der Waals surface area contributed by atoms with E-state index in [0.717, 1.165) is 5.56 Å². The first kappa shape index (κ1) is 17.2. The van der Waals surface area contributed by atoms with Gasteiger partial charge in [-0.2, -0.15) is 5.26 Å². The standard InChI is InChI=1S/C18H22N2O3/c1-2-23-18(21)16(14-19)17(20-10-12-22-13-11-20)9-8-15-6-4-3-5-7-15/h3-9,16-17H,2,10-13H2,1H3/b9-8+. The summed E-state index contributed by atoms with van der Waals surface area (Å²) in [7, 11) is 0. The Balaban J connectivity index is 2.21. The summed E-state index contributed by atoms with van der Waals surface area (Å²) in [5, 5.41) is 9.48. The zero-order valence-corrected chi connectivity index (χ0v) is 13.4. The van der Waals surface area contributed by atoms with Gasteiger partial charge >= 0.3 is 5.97 Å². The van der Waals surface area contributed by atoms with Crippen LogP contribution in [0.25, 0.3) is 6.08 Å². The highest BCUT2D eigenvalue weighted by Gasteiger charge is 2.33. The summed E-state index contributed by atoms with van der Waals surface area (Å²) in [4.78, 5) is 14.2. The SMILES string of the molecule is CCOC(=O)C(C#N)C(/C=C/c1ccccc1)N1CCOCC1. The molecule has 1 aromatic carbocycles. The van der Waals surface area contributed by atoms with Gasteiger partial charge < -0.3 is 9.47 Å². The fourth-order valence-electron chi connectivity index (χ4n) is 2.59. The number of hydrogen-bond donors (Lipinski definition) is 0. The molecule has 1 aromatic rings. The van der Waals surface area contributed by atoms with Gasteiger partial charge in [0.1, 0.15) is 0 Å². The van der Waals surface area contributed by atoms with Crippen LogP contribution >= 0.6 is 0 Å². The Bertz CT molecular complexity index is 559. The summed E-state index contributed by atoms with van der Waals surface area (Å²) in [5.41, 5.74) is 1.03. The maximum absolute atomic E-state index is 12.1. The average Bonchev–Trinajstić information content (AvgIpc) is 2.60.